The fourth-order valence-electron chi connectivity index (χ4n) is 4.21. The molecule has 2 aliphatic heterocycles. The number of hydrogen-bond acceptors (Lipinski definition) is 7. The molecule has 170 valence electrons. The van der Waals surface area contributed by atoms with Gasteiger partial charge in [0.2, 0.25) is 11.9 Å². The van der Waals surface area contributed by atoms with Crippen LogP contribution in [0, 0.1) is 6.92 Å². The van der Waals surface area contributed by atoms with Crippen LogP contribution >= 0.6 is 11.8 Å². The summed E-state index contributed by atoms with van der Waals surface area (Å²) in [6.07, 6.45) is 0.338. The largest absolute Gasteiger partial charge is 0.378 e. The second-order valence-corrected chi connectivity index (χ2v) is 9.13. The van der Waals surface area contributed by atoms with Gasteiger partial charge in [-0.1, -0.05) is 30.0 Å². The maximum atomic E-state index is 13.0. The van der Waals surface area contributed by atoms with Crippen molar-refractivity contribution in [3.8, 4) is 5.69 Å². The molecule has 3 heterocycles. The number of aromatic nitrogens is 3. The molecule has 0 N–H and O–H groups in total. The number of nitrogens with zero attached hydrogens (tertiary/aromatic N) is 5. The Hall–Kier alpha value is -3.17. The number of ketones is 1. The summed E-state index contributed by atoms with van der Waals surface area (Å²) >= 11 is 1.38. The summed E-state index contributed by atoms with van der Waals surface area (Å²) in [5.74, 6) is 1.04. The molecule has 9 heteroatoms. The molecule has 0 spiro atoms. The molecule has 1 amide bonds. The first kappa shape index (κ1) is 21.7. The number of morpholine rings is 1. The lowest BCUT2D eigenvalue weighted by Gasteiger charge is -2.28. The van der Waals surface area contributed by atoms with E-state index in [4.69, 9.17) is 4.74 Å². The molecule has 1 aromatic heterocycles. The molecule has 0 bridgehead atoms. The predicted molar refractivity (Wildman–Crippen MR) is 128 cm³/mol. The van der Waals surface area contributed by atoms with E-state index in [2.05, 4.69) is 28.1 Å². The summed E-state index contributed by atoms with van der Waals surface area (Å²) in [7, 11) is 1.76. The highest BCUT2D eigenvalue weighted by Crippen LogP contribution is 2.31. The minimum Gasteiger partial charge on any atom is -0.378 e. The number of fused-ring (bicyclic) bond motifs is 1. The Morgan fingerprint density at radius 1 is 1.09 bits per heavy atom. The van der Waals surface area contributed by atoms with Gasteiger partial charge in [0.25, 0.3) is 0 Å². The summed E-state index contributed by atoms with van der Waals surface area (Å²) in [5, 5.41) is 9.60. The number of benzene rings is 2. The minimum absolute atomic E-state index is 0.00272. The molecule has 0 saturated carbocycles. The van der Waals surface area contributed by atoms with E-state index in [0.717, 1.165) is 41.5 Å². The van der Waals surface area contributed by atoms with E-state index in [9.17, 15) is 9.59 Å². The Kier molecular flexibility index (Phi) is 5.90. The number of hydrogen-bond donors (Lipinski definition) is 0. The van der Waals surface area contributed by atoms with Crippen LogP contribution in [0.25, 0.3) is 5.69 Å². The zero-order chi connectivity index (χ0) is 22.9. The summed E-state index contributed by atoms with van der Waals surface area (Å²) in [4.78, 5) is 28.8. The quantitative estimate of drug-likeness (QED) is 0.411. The smallest absolute Gasteiger partial charge is 0.232 e. The van der Waals surface area contributed by atoms with Gasteiger partial charge < -0.3 is 14.5 Å². The van der Waals surface area contributed by atoms with Crippen LogP contribution in [0.2, 0.25) is 0 Å². The number of Topliss-reactive ketones (excluding diaryl/α,β-unsaturated/α-hetero) is 1. The summed E-state index contributed by atoms with van der Waals surface area (Å²) < 4.78 is 7.53. The Balaban J connectivity index is 1.40. The molecule has 33 heavy (non-hydrogen) atoms. The molecule has 8 nitrogen and oxygen atoms in total. The van der Waals surface area contributed by atoms with Crippen molar-refractivity contribution in [2.45, 2.75) is 18.5 Å². The summed E-state index contributed by atoms with van der Waals surface area (Å²) in [6, 6.07) is 13.6. The molecule has 0 unspecified atom stereocenters. The predicted octanol–water partition coefficient (Wildman–Crippen LogP) is 2.91. The van der Waals surface area contributed by atoms with Gasteiger partial charge >= 0.3 is 0 Å². The zero-order valence-electron chi connectivity index (χ0n) is 18.7. The Morgan fingerprint density at radius 2 is 1.88 bits per heavy atom. The van der Waals surface area contributed by atoms with E-state index in [0.29, 0.717) is 30.4 Å². The lowest BCUT2D eigenvalue weighted by molar-refractivity contribution is -0.117. The van der Waals surface area contributed by atoms with Gasteiger partial charge in [0.15, 0.2) is 10.9 Å². The highest BCUT2D eigenvalue weighted by atomic mass is 32.2. The van der Waals surface area contributed by atoms with Crippen molar-refractivity contribution in [1.29, 1.82) is 0 Å². The van der Waals surface area contributed by atoms with Crippen molar-refractivity contribution >= 4 is 35.1 Å². The maximum absolute atomic E-state index is 13.0. The van der Waals surface area contributed by atoms with Gasteiger partial charge in [-0.05, 0) is 42.3 Å². The monoisotopic (exact) mass is 463 g/mol. The van der Waals surface area contributed by atoms with Crippen LogP contribution in [0.5, 0.6) is 0 Å². The second-order valence-electron chi connectivity index (χ2n) is 8.19. The number of rotatable bonds is 6. The fourth-order valence-corrected chi connectivity index (χ4v) is 5.04. The second kappa shape index (κ2) is 8.99. The lowest BCUT2D eigenvalue weighted by Crippen LogP contribution is -2.38. The van der Waals surface area contributed by atoms with Crippen LogP contribution in [0.15, 0.2) is 47.6 Å². The van der Waals surface area contributed by atoms with Crippen molar-refractivity contribution < 1.29 is 14.3 Å². The average molecular weight is 464 g/mol. The van der Waals surface area contributed by atoms with E-state index in [-0.39, 0.29) is 17.4 Å². The summed E-state index contributed by atoms with van der Waals surface area (Å²) in [6.45, 7) is 4.85. The van der Waals surface area contributed by atoms with Crippen LogP contribution in [0.1, 0.15) is 21.5 Å². The van der Waals surface area contributed by atoms with Crippen LogP contribution < -0.4 is 9.80 Å². The molecule has 0 radical (unpaired) electrons. The Bertz CT molecular complexity index is 1220. The molecular weight excluding hydrogens is 438 g/mol. The van der Waals surface area contributed by atoms with Crippen molar-refractivity contribution in [1.82, 2.24) is 14.8 Å². The third-order valence-corrected chi connectivity index (χ3v) is 7.01. The zero-order valence-corrected chi connectivity index (χ0v) is 19.5. The van der Waals surface area contributed by atoms with Gasteiger partial charge in [0.05, 0.1) is 31.1 Å². The third-order valence-electron chi connectivity index (χ3n) is 6.08. The molecule has 0 aliphatic carbocycles. The number of carbonyl (C=O) groups excluding carboxylic acids is 2. The van der Waals surface area contributed by atoms with Gasteiger partial charge in [0.1, 0.15) is 0 Å². The molecule has 5 rings (SSSR count). The van der Waals surface area contributed by atoms with Crippen LogP contribution in [0.4, 0.5) is 11.6 Å². The number of carbonyl (C=O) groups is 2. The van der Waals surface area contributed by atoms with Crippen LogP contribution in [0.3, 0.4) is 0 Å². The third kappa shape index (κ3) is 4.14. The molecule has 3 aromatic rings. The number of para-hydroxylation sites is 1. The fraction of sp³-hybridized carbons (Fsp3) is 0.333. The maximum Gasteiger partial charge on any atom is 0.232 e. The first-order valence-electron chi connectivity index (χ1n) is 10.9. The van der Waals surface area contributed by atoms with Crippen molar-refractivity contribution in [3.63, 3.8) is 0 Å². The molecule has 2 aromatic carbocycles. The number of aryl methyl sites for hydroxylation is 1. The van der Waals surface area contributed by atoms with Crippen LogP contribution in [-0.2, 0) is 16.0 Å². The molecule has 2 aliphatic rings. The van der Waals surface area contributed by atoms with Gasteiger partial charge in [-0.25, -0.2) is 0 Å². The SMILES string of the molecule is Cc1ccccc1-n1c(SCC(=O)c2ccc3c(c2)CC(=O)N3C)nnc1N1CCOCC1. The van der Waals surface area contributed by atoms with E-state index in [1.165, 1.54) is 11.8 Å². The van der Waals surface area contributed by atoms with Gasteiger partial charge in [0, 0.05) is 31.4 Å². The highest BCUT2D eigenvalue weighted by molar-refractivity contribution is 7.99. The molecule has 1 fully saturated rings. The molecular formula is C24H25N5O3S. The Morgan fingerprint density at radius 3 is 2.67 bits per heavy atom. The Labute approximate surface area is 196 Å². The van der Waals surface area contributed by atoms with Crippen molar-refractivity contribution in [2.75, 3.05) is 48.9 Å². The highest BCUT2D eigenvalue weighted by Gasteiger charge is 2.26. The molecule has 1 saturated heterocycles. The van der Waals surface area contributed by atoms with Gasteiger partial charge in [-0.3, -0.25) is 14.2 Å². The first-order valence-corrected chi connectivity index (χ1v) is 11.9. The first-order chi connectivity index (χ1) is 16.0. The number of anilines is 2. The standard InChI is InChI=1S/C24H25N5O3S/c1-16-5-3-4-6-19(16)29-23(28-9-11-32-12-10-28)25-26-24(29)33-15-21(30)17-7-8-20-18(13-17)14-22(31)27(20)2/h3-8,13H,9-12,14-15H2,1-2H3. The number of ether oxygens (including phenoxy) is 1. The minimum atomic E-state index is -0.00272. The van der Waals surface area contributed by atoms with Crippen LogP contribution in [-0.4, -0.2) is 65.6 Å². The normalized spacial score (nSPS) is 15.8. The summed E-state index contributed by atoms with van der Waals surface area (Å²) in [5.41, 5.74) is 4.49. The van der Waals surface area contributed by atoms with E-state index >= 15 is 0 Å². The van der Waals surface area contributed by atoms with Crippen molar-refractivity contribution in [3.05, 3.63) is 59.2 Å². The van der Waals surface area contributed by atoms with E-state index in [1.54, 1.807) is 18.0 Å². The van der Waals surface area contributed by atoms with E-state index in [1.807, 2.05) is 34.9 Å². The lowest BCUT2D eigenvalue weighted by atomic mass is 10.1. The topological polar surface area (TPSA) is 80.6 Å². The average Bonchev–Trinajstić information content (AvgIpc) is 3.38. The molecule has 0 atom stereocenters. The number of thioether (sulfide) groups is 1. The van der Waals surface area contributed by atoms with Gasteiger partial charge in [-0.15, -0.1) is 10.2 Å². The number of likely N-dealkylation sites (N-methyl/N-ethyl adjacent to an activating group) is 1. The number of amides is 1. The van der Waals surface area contributed by atoms with Crippen molar-refractivity contribution in [2.24, 2.45) is 0 Å². The van der Waals surface area contributed by atoms with Gasteiger partial charge in [-0.2, -0.15) is 0 Å². The van der Waals surface area contributed by atoms with E-state index < -0.39 is 0 Å².